The summed E-state index contributed by atoms with van der Waals surface area (Å²) in [5.41, 5.74) is 4.49. The molecule has 0 radical (unpaired) electrons. The van der Waals surface area contributed by atoms with Crippen molar-refractivity contribution in [1.82, 2.24) is 0 Å². The van der Waals surface area contributed by atoms with Crippen LogP contribution in [0.3, 0.4) is 0 Å². The molecule has 1 aliphatic rings. The van der Waals surface area contributed by atoms with Gasteiger partial charge in [0.05, 0.1) is 25.9 Å². The van der Waals surface area contributed by atoms with Crippen molar-refractivity contribution in [1.29, 1.82) is 0 Å². The van der Waals surface area contributed by atoms with Crippen molar-refractivity contribution in [2.45, 2.75) is 44.1 Å². The summed E-state index contributed by atoms with van der Waals surface area (Å²) in [7, 11) is 0. The molecular weight excluding hydrogens is 480 g/mol. The maximum atomic E-state index is 6.66. The van der Waals surface area contributed by atoms with Gasteiger partial charge in [-0.1, -0.05) is 127 Å². The van der Waals surface area contributed by atoms with Gasteiger partial charge in [-0.2, -0.15) is 0 Å². The van der Waals surface area contributed by atoms with Crippen LogP contribution in [0.2, 0.25) is 5.02 Å². The lowest BCUT2D eigenvalue weighted by atomic mass is 9.83. The first kappa shape index (κ1) is 25.4. The van der Waals surface area contributed by atoms with Gasteiger partial charge in [-0.05, 0) is 34.4 Å². The maximum Gasteiger partial charge on any atom is 0.115 e. The van der Waals surface area contributed by atoms with Crippen molar-refractivity contribution in [3.8, 4) is 0 Å². The predicted octanol–water partition coefficient (Wildman–Crippen LogP) is 7.75. The lowest BCUT2D eigenvalue weighted by molar-refractivity contribution is -0.147. The van der Waals surface area contributed by atoms with Crippen LogP contribution in [0.1, 0.15) is 28.2 Å². The summed E-state index contributed by atoms with van der Waals surface area (Å²) in [6, 6.07) is 38.7. The van der Waals surface area contributed by atoms with Crippen molar-refractivity contribution in [2.75, 3.05) is 0 Å². The van der Waals surface area contributed by atoms with Gasteiger partial charge in [-0.3, -0.25) is 0 Å². The Morgan fingerprint density at radius 3 is 1.46 bits per heavy atom. The summed E-state index contributed by atoms with van der Waals surface area (Å²) in [5, 5.41) is 0.714. The summed E-state index contributed by atoms with van der Waals surface area (Å²) < 4.78 is 19.7. The van der Waals surface area contributed by atoms with Crippen LogP contribution in [0.25, 0.3) is 0 Å². The highest BCUT2D eigenvalue weighted by atomic mass is 35.5. The van der Waals surface area contributed by atoms with E-state index in [1.807, 2.05) is 66.7 Å². The zero-order valence-corrected chi connectivity index (χ0v) is 21.4. The van der Waals surface area contributed by atoms with Crippen LogP contribution in [-0.2, 0) is 34.0 Å². The first-order valence-electron chi connectivity index (χ1n) is 12.7. The van der Waals surface area contributed by atoms with E-state index in [0.717, 1.165) is 22.3 Å². The summed E-state index contributed by atoms with van der Waals surface area (Å²) in [4.78, 5) is 0. The maximum absolute atomic E-state index is 6.66. The third kappa shape index (κ3) is 6.97. The number of benzene rings is 4. The molecule has 188 valence electrons. The second kappa shape index (κ2) is 12.8. The molecule has 0 aliphatic heterocycles. The van der Waals surface area contributed by atoms with Gasteiger partial charge < -0.3 is 14.2 Å². The first-order chi connectivity index (χ1) is 18.3. The molecule has 3 nitrogen and oxygen atoms in total. The second-order valence-corrected chi connectivity index (χ2v) is 9.68. The molecule has 4 atom stereocenters. The molecule has 0 bridgehead atoms. The highest BCUT2D eigenvalue weighted by molar-refractivity contribution is 6.30. The predicted molar refractivity (Wildman–Crippen MR) is 148 cm³/mol. The standard InChI is InChI=1S/C33H31ClO3/c34-29-18-16-28(17-19-29)30-20-21-31(35-22-25-10-4-1-5-11-25)33(37-24-27-14-8-3-9-15-27)32(30)36-23-26-12-6-2-7-13-26/h1-21,30-33H,22-24H2/t30-,31-,32+,33+/m0/s1. The van der Waals surface area contributed by atoms with Gasteiger partial charge in [0.25, 0.3) is 0 Å². The van der Waals surface area contributed by atoms with E-state index in [2.05, 4.69) is 60.7 Å². The van der Waals surface area contributed by atoms with Crippen LogP contribution < -0.4 is 0 Å². The van der Waals surface area contributed by atoms with Gasteiger partial charge in [-0.25, -0.2) is 0 Å². The molecular formula is C33H31ClO3. The normalized spacial score (nSPS) is 21.1. The summed E-state index contributed by atoms with van der Waals surface area (Å²) in [6.45, 7) is 1.46. The van der Waals surface area contributed by atoms with Crippen LogP contribution >= 0.6 is 11.6 Å². The Hall–Kier alpha value is -3.21. The van der Waals surface area contributed by atoms with Crippen LogP contribution in [0.4, 0.5) is 0 Å². The lowest BCUT2D eigenvalue weighted by Crippen LogP contribution is -2.47. The van der Waals surface area contributed by atoms with Crippen molar-refractivity contribution < 1.29 is 14.2 Å². The largest absolute Gasteiger partial charge is 0.370 e. The average molecular weight is 511 g/mol. The van der Waals surface area contributed by atoms with Crippen molar-refractivity contribution in [2.24, 2.45) is 0 Å². The van der Waals surface area contributed by atoms with E-state index >= 15 is 0 Å². The van der Waals surface area contributed by atoms with E-state index in [9.17, 15) is 0 Å². The van der Waals surface area contributed by atoms with E-state index in [4.69, 9.17) is 25.8 Å². The molecule has 4 aromatic rings. The molecule has 0 heterocycles. The molecule has 5 rings (SSSR count). The fourth-order valence-corrected chi connectivity index (χ4v) is 4.79. The minimum atomic E-state index is -0.307. The average Bonchev–Trinajstić information content (AvgIpc) is 2.96. The Bertz CT molecular complexity index is 1240. The summed E-state index contributed by atoms with van der Waals surface area (Å²) >= 11 is 6.20. The molecule has 1 aliphatic carbocycles. The molecule has 0 fully saturated rings. The van der Waals surface area contributed by atoms with Crippen molar-refractivity contribution in [3.05, 3.63) is 155 Å². The Labute approximate surface area is 224 Å². The van der Waals surface area contributed by atoms with Crippen LogP contribution in [0.5, 0.6) is 0 Å². The monoisotopic (exact) mass is 510 g/mol. The Kier molecular flexibility index (Phi) is 8.83. The minimum absolute atomic E-state index is 0.00155. The lowest BCUT2D eigenvalue weighted by Gasteiger charge is -2.39. The number of rotatable bonds is 10. The molecule has 0 spiro atoms. The van der Waals surface area contributed by atoms with Crippen molar-refractivity contribution in [3.63, 3.8) is 0 Å². The Balaban J connectivity index is 1.43. The SMILES string of the molecule is Clc1ccc([C@@H]2C=C[C@H](OCc3ccccc3)[C@@H](OCc3ccccc3)[C@@H]2OCc2ccccc2)cc1. The molecule has 0 amide bonds. The number of ether oxygens (including phenoxy) is 3. The third-order valence-electron chi connectivity index (χ3n) is 6.62. The third-order valence-corrected chi connectivity index (χ3v) is 6.87. The molecule has 0 saturated heterocycles. The second-order valence-electron chi connectivity index (χ2n) is 9.25. The van der Waals surface area contributed by atoms with Gasteiger partial charge in [0.15, 0.2) is 0 Å². The van der Waals surface area contributed by atoms with Crippen molar-refractivity contribution >= 4 is 11.6 Å². The molecule has 0 unspecified atom stereocenters. The molecule has 0 N–H and O–H groups in total. The zero-order chi connectivity index (χ0) is 25.3. The number of halogens is 1. The highest BCUT2D eigenvalue weighted by Gasteiger charge is 2.39. The smallest absolute Gasteiger partial charge is 0.115 e. The van der Waals surface area contributed by atoms with Crippen LogP contribution in [0.15, 0.2) is 127 Å². The topological polar surface area (TPSA) is 27.7 Å². The molecule has 4 aromatic carbocycles. The fraction of sp³-hybridized carbons (Fsp3) is 0.212. The first-order valence-corrected chi connectivity index (χ1v) is 13.0. The number of hydrogen-bond acceptors (Lipinski definition) is 3. The van der Waals surface area contributed by atoms with Gasteiger partial charge in [-0.15, -0.1) is 0 Å². The number of hydrogen-bond donors (Lipinski definition) is 0. The van der Waals surface area contributed by atoms with Gasteiger partial charge in [0.2, 0.25) is 0 Å². The quantitative estimate of drug-likeness (QED) is 0.204. The van der Waals surface area contributed by atoms with Crippen LogP contribution in [0, 0.1) is 0 Å². The Morgan fingerprint density at radius 1 is 0.486 bits per heavy atom. The van der Waals surface area contributed by atoms with E-state index < -0.39 is 0 Å². The molecule has 37 heavy (non-hydrogen) atoms. The van der Waals surface area contributed by atoms with Gasteiger partial charge in [0, 0.05) is 10.9 Å². The van der Waals surface area contributed by atoms with Gasteiger partial charge in [0.1, 0.15) is 12.2 Å². The van der Waals surface area contributed by atoms with Crippen LogP contribution in [-0.4, -0.2) is 18.3 Å². The van der Waals surface area contributed by atoms with E-state index in [1.54, 1.807) is 0 Å². The van der Waals surface area contributed by atoms with E-state index in [-0.39, 0.29) is 24.2 Å². The highest BCUT2D eigenvalue weighted by Crippen LogP contribution is 2.35. The summed E-state index contributed by atoms with van der Waals surface area (Å²) in [6.07, 6.45) is 3.50. The fourth-order valence-electron chi connectivity index (χ4n) is 4.66. The van der Waals surface area contributed by atoms with E-state index in [0.29, 0.717) is 24.8 Å². The molecule has 0 aromatic heterocycles. The summed E-state index contributed by atoms with van der Waals surface area (Å²) in [5.74, 6) is -0.00155. The Morgan fingerprint density at radius 2 is 0.946 bits per heavy atom. The molecule has 4 heteroatoms. The molecule has 0 saturated carbocycles. The van der Waals surface area contributed by atoms with Gasteiger partial charge >= 0.3 is 0 Å². The minimum Gasteiger partial charge on any atom is -0.370 e. The van der Waals surface area contributed by atoms with E-state index in [1.165, 1.54) is 0 Å². The zero-order valence-electron chi connectivity index (χ0n) is 20.7.